The van der Waals surface area contributed by atoms with Crippen LogP contribution in [0.15, 0.2) is 66.2 Å². The maximum absolute atomic E-state index is 13.9. The van der Waals surface area contributed by atoms with Gasteiger partial charge in [-0.15, -0.1) is 0 Å². The second-order valence-corrected chi connectivity index (χ2v) is 9.11. The van der Waals surface area contributed by atoms with E-state index in [4.69, 9.17) is 14.2 Å². The number of methoxy groups -OCH3 is 3. The number of nitrogens with zero attached hydrogens (tertiary/aromatic N) is 2. The quantitative estimate of drug-likeness (QED) is 0.215. The predicted octanol–water partition coefficient (Wildman–Crippen LogP) is 5.09. The molecule has 8 nitrogen and oxygen atoms in total. The molecule has 1 saturated heterocycles. The SMILES string of the molecule is COc1cc(C2C(=C(O)c3ccccc3)C(=O)C(=O)N2c2nc3ccc(F)cc3s2)cc(OC)c1OC. The fourth-order valence-corrected chi connectivity index (χ4v) is 5.36. The van der Waals surface area contributed by atoms with Crippen molar-refractivity contribution in [2.45, 2.75) is 6.04 Å². The van der Waals surface area contributed by atoms with Gasteiger partial charge in [-0.3, -0.25) is 14.5 Å². The molecule has 188 valence electrons. The summed E-state index contributed by atoms with van der Waals surface area (Å²) in [6, 6.07) is 14.7. The number of anilines is 1. The number of hydrogen-bond donors (Lipinski definition) is 1. The number of fused-ring (bicyclic) bond motifs is 1. The number of halogens is 1. The van der Waals surface area contributed by atoms with Crippen LogP contribution in [0.25, 0.3) is 16.0 Å². The first-order valence-corrected chi connectivity index (χ1v) is 11.9. The van der Waals surface area contributed by atoms with E-state index in [0.717, 1.165) is 11.3 Å². The van der Waals surface area contributed by atoms with E-state index in [1.165, 1.54) is 44.4 Å². The van der Waals surface area contributed by atoms with E-state index in [0.29, 0.717) is 38.6 Å². The second kappa shape index (κ2) is 9.55. The van der Waals surface area contributed by atoms with E-state index in [1.54, 1.807) is 42.5 Å². The lowest BCUT2D eigenvalue weighted by molar-refractivity contribution is -0.132. The van der Waals surface area contributed by atoms with Crippen molar-refractivity contribution in [3.05, 3.63) is 83.2 Å². The summed E-state index contributed by atoms with van der Waals surface area (Å²) in [5.41, 5.74) is 1.12. The van der Waals surface area contributed by atoms with Gasteiger partial charge in [-0.2, -0.15) is 0 Å². The van der Waals surface area contributed by atoms with Gasteiger partial charge in [-0.05, 0) is 35.9 Å². The monoisotopic (exact) mass is 520 g/mol. The van der Waals surface area contributed by atoms with Crippen molar-refractivity contribution in [3.8, 4) is 17.2 Å². The van der Waals surface area contributed by atoms with Gasteiger partial charge in [0.05, 0.1) is 43.2 Å². The third-order valence-electron chi connectivity index (χ3n) is 6.04. The zero-order valence-electron chi connectivity index (χ0n) is 20.0. The molecule has 0 radical (unpaired) electrons. The second-order valence-electron chi connectivity index (χ2n) is 8.10. The fraction of sp³-hybridized carbons (Fsp3) is 0.148. The fourth-order valence-electron chi connectivity index (χ4n) is 4.35. The van der Waals surface area contributed by atoms with Crippen LogP contribution >= 0.6 is 11.3 Å². The van der Waals surface area contributed by atoms with Crippen molar-refractivity contribution < 1.29 is 33.3 Å². The molecule has 37 heavy (non-hydrogen) atoms. The average Bonchev–Trinajstić information content (AvgIpc) is 3.45. The first-order valence-electron chi connectivity index (χ1n) is 11.1. The van der Waals surface area contributed by atoms with E-state index in [-0.39, 0.29) is 16.5 Å². The molecule has 1 aliphatic heterocycles. The van der Waals surface area contributed by atoms with Gasteiger partial charge in [-0.25, -0.2) is 9.37 Å². The van der Waals surface area contributed by atoms with Crippen molar-refractivity contribution in [2.75, 3.05) is 26.2 Å². The third-order valence-corrected chi connectivity index (χ3v) is 7.06. The Balaban J connectivity index is 1.79. The van der Waals surface area contributed by atoms with Crippen LogP contribution in [0.5, 0.6) is 17.2 Å². The Kier molecular flexibility index (Phi) is 6.26. The lowest BCUT2D eigenvalue weighted by Gasteiger charge is -2.24. The molecule has 10 heteroatoms. The summed E-state index contributed by atoms with van der Waals surface area (Å²) in [4.78, 5) is 32.6. The Morgan fingerprint density at radius 1 is 0.973 bits per heavy atom. The smallest absolute Gasteiger partial charge is 0.301 e. The topological polar surface area (TPSA) is 98.2 Å². The lowest BCUT2D eigenvalue weighted by atomic mass is 9.95. The summed E-state index contributed by atoms with van der Waals surface area (Å²) < 4.78 is 30.8. The molecule has 1 atom stereocenters. The number of carbonyl (C=O) groups is 2. The van der Waals surface area contributed by atoms with Gasteiger partial charge >= 0.3 is 5.91 Å². The molecule has 0 bridgehead atoms. The van der Waals surface area contributed by atoms with Crippen LogP contribution in [-0.2, 0) is 9.59 Å². The maximum Gasteiger partial charge on any atom is 0.301 e. The Labute approximate surface area is 215 Å². The predicted molar refractivity (Wildman–Crippen MR) is 137 cm³/mol. The molecule has 1 amide bonds. The third kappa shape index (κ3) is 4.05. The minimum atomic E-state index is -1.08. The molecule has 0 aliphatic carbocycles. The molecule has 5 rings (SSSR count). The van der Waals surface area contributed by atoms with Crippen molar-refractivity contribution in [1.82, 2.24) is 4.98 Å². The van der Waals surface area contributed by atoms with E-state index in [1.807, 2.05) is 0 Å². The normalized spacial score (nSPS) is 16.9. The minimum Gasteiger partial charge on any atom is -0.507 e. The van der Waals surface area contributed by atoms with Crippen LogP contribution in [0.1, 0.15) is 17.2 Å². The number of amides is 1. The molecule has 1 fully saturated rings. The number of benzene rings is 3. The van der Waals surface area contributed by atoms with Gasteiger partial charge < -0.3 is 19.3 Å². The van der Waals surface area contributed by atoms with Crippen LogP contribution < -0.4 is 19.1 Å². The van der Waals surface area contributed by atoms with E-state index < -0.39 is 23.5 Å². The summed E-state index contributed by atoms with van der Waals surface area (Å²) in [5, 5.41) is 11.4. The van der Waals surface area contributed by atoms with E-state index in [9.17, 15) is 19.1 Å². The number of ketones is 1. The first-order chi connectivity index (χ1) is 17.9. The number of aliphatic hydroxyl groups is 1. The van der Waals surface area contributed by atoms with E-state index >= 15 is 0 Å². The zero-order valence-corrected chi connectivity index (χ0v) is 20.8. The van der Waals surface area contributed by atoms with Gasteiger partial charge in [0.25, 0.3) is 5.78 Å². The van der Waals surface area contributed by atoms with Crippen LogP contribution in [0, 0.1) is 5.82 Å². The molecule has 0 saturated carbocycles. The molecule has 3 aromatic carbocycles. The molecular weight excluding hydrogens is 499 g/mol. The Morgan fingerprint density at radius 2 is 1.65 bits per heavy atom. The molecule has 2 heterocycles. The summed E-state index contributed by atoms with van der Waals surface area (Å²) >= 11 is 1.06. The molecule has 1 aromatic heterocycles. The standard InChI is InChI=1S/C27H21FN2O6S/c1-34-18-11-15(12-19(35-2)25(18)36-3)22-21(23(31)14-7-5-4-6-8-14)24(32)26(33)30(22)27-29-17-10-9-16(28)13-20(17)37-27/h4-13,22,31H,1-3H3. The average molecular weight is 521 g/mol. The molecule has 1 aliphatic rings. The number of ether oxygens (including phenoxy) is 3. The number of aliphatic hydroxyl groups excluding tert-OH is 1. The summed E-state index contributed by atoms with van der Waals surface area (Å²) in [5.74, 6) is -1.63. The highest BCUT2D eigenvalue weighted by Crippen LogP contribution is 2.48. The number of hydrogen-bond acceptors (Lipinski definition) is 8. The number of aromatic nitrogens is 1. The number of carbonyl (C=O) groups excluding carboxylic acids is 2. The molecule has 0 spiro atoms. The lowest BCUT2D eigenvalue weighted by Crippen LogP contribution is -2.29. The van der Waals surface area contributed by atoms with Crippen molar-refractivity contribution in [1.29, 1.82) is 0 Å². The highest BCUT2D eigenvalue weighted by atomic mass is 32.1. The summed E-state index contributed by atoms with van der Waals surface area (Å²) in [7, 11) is 4.36. The van der Waals surface area contributed by atoms with Crippen LogP contribution in [0.4, 0.5) is 9.52 Å². The van der Waals surface area contributed by atoms with Crippen LogP contribution in [-0.4, -0.2) is 43.1 Å². The van der Waals surface area contributed by atoms with Crippen molar-refractivity contribution in [2.24, 2.45) is 0 Å². The summed E-state index contributed by atoms with van der Waals surface area (Å²) in [6.45, 7) is 0. The Hall–Kier alpha value is -4.44. The molecular formula is C27H21FN2O6S. The van der Waals surface area contributed by atoms with Crippen LogP contribution in [0.3, 0.4) is 0 Å². The van der Waals surface area contributed by atoms with Gasteiger partial charge in [0, 0.05) is 5.56 Å². The maximum atomic E-state index is 13.9. The molecule has 4 aromatic rings. The first kappa shape index (κ1) is 24.3. The van der Waals surface area contributed by atoms with Gasteiger partial charge in [0.1, 0.15) is 11.6 Å². The van der Waals surface area contributed by atoms with Gasteiger partial charge in [0.2, 0.25) is 5.75 Å². The number of rotatable bonds is 6. The van der Waals surface area contributed by atoms with Crippen molar-refractivity contribution in [3.63, 3.8) is 0 Å². The highest BCUT2D eigenvalue weighted by molar-refractivity contribution is 7.22. The number of thiazole rings is 1. The Bertz CT molecular complexity index is 1540. The number of Topliss-reactive ketones (excluding diaryl/α,β-unsaturated/α-hetero) is 1. The highest BCUT2D eigenvalue weighted by Gasteiger charge is 2.48. The zero-order chi connectivity index (χ0) is 26.3. The molecule has 1 unspecified atom stereocenters. The largest absolute Gasteiger partial charge is 0.507 e. The van der Waals surface area contributed by atoms with Crippen molar-refractivity contribution >= 4 is 44.1 Å². The minimum absolute atomic E-state index is 0.129. The van der Waals surface area contributed by atoms with Gasteiger partial charge in [-0.1, -0.05) is 41.7 Å². The summed E-state index contributed by atoms with van der Waals surface area (Å²) in [6.07, 6.45) is 0. The Morgan fingerprint density at radius 3 is 2.27 bits per heavy atom. The van der Waals surface area contributed by atoms with E-state index in [2.05, 4.69) is 4.98 Å². The van der Waals surface area contributed by atoms with Crippen LogP contribution in [0.2, 0.25) is 0 Å². The van der Waals surface area contributed by atoms with Gasteiger partial charge in [0.15, 0.2) is 16.6 Å². The molecule has 1 N–H and O–H groups in total.